The predicted molar refractivity (Wildman–Crippen MR) is 47.0 cm³/mol. The first-order valence-electron chi connectivity index (χ1n) is 4.03. The highest BCUT2D eigenvalue weighted by atomic mass is 16.5. The van der Waals surface area contributed by atoms with Gasteiger partial charge in [-0.25, -0.2) is 4.98 Å². The number of ether oxygens (including phenoxy) is 1. The maximum absolute atomic E-state index is 11.0. The lowest BCUT2D eigenvalue weighted by molar-refractivity contribution is -0.141. The second kappa shape index (κ2) is 4.61. The van der Waals surface area contributed by atoms with E-state index in [0.29, 0.717) is 6.54 Å². The van der Waals surface area contributed by atoms with Crippen LogP contribution < -0.4 is 5.73 Å². The zero-order valence-electron chi connectivity index (χ0n) is 7.49. The van der Waals surface area contributed by atoms with E-state index in [1.54, 1.807) is 12.5 Å². The molecule has 0 spiro atoms. The average Bonchev–Trinajstić information content (AvgIpc) is 2.66. The van der Waals surface area contributed by atoms with Crippen LogP contribution in [0.1, 0.15) is 18.0 Å². The molecule has 1 unspecified atom stereocenters. The SMILES string of the molecule is COC(=O)CC(CN)c1cnc[nH]1. The maximum Gasteiger partial charge on any atom is 0.306 e. The Morgan fingerprint density at radius 1 is 1.85 bits per heavy atom. The van der Waals surface area contributed by atoms with Crippen molar-refractivity contribution in [3.05, 3.63) is 18.2 Å². The summed E-state index contributed by atoms with van der Waals surface area (Å²) in [5, 5.41) is 0. The Balaban J connectivity index is 2.58. The number of carbonyl (C=O) groups excluding carboxylic acids is 1. The Hall–Kier alpha value is -1.36. The average molecular weight is 183 g/mol. The van der Waals surface area contributed by atoms with E-state index in [1.165, 1.54) is 7.11 Å². The molecule has 0 saturated carbocycles. The molecule has 13 heavy (non-hydrogen) atoms. The molecule has 5 nitrogen and oxygen atoms in total. The molecule has 0 fully saturated rings. The van der Waals surface area contributed by atoms with Crippen LogP contribution in [0.2, 0.25) is 0 Å². The summed E-state index contributed by atoms with van der Waals surface area (Å²) < 4.78 is 4.55. The number of imidazole rings is 1. The second-order valence-electron chi connectivity index (χ2n) is 2.72. The highest BCUT2D eigenvalue weighted by Gasteiger charge is 2.15. The molecule has 0 aromatic carbocycles. The smallest absolute Gasteiger partial charge is 0.306 e. The Bertz CT molecular complexity index is 258. The van der Waals surface area contributed by atoms with Crippen molar-refractivity contribution in [2.45, 2.75) is 12.3 Å². The minimum Gasteiger partial charge on any atom is -0.469 e. The number of rotatable bonds is 4. The first-order chi connectivity index (χ1) is 6.27. The van der Waals surface area contributed by atoms with Crippen molar-refractivity contribution in [2.75, 3.05) is 13.7 Å². The lowest BCUT2D eigenvalue weighted by Gasteiger charge is -2.10. The van der Waals surface area contributed by atoms with E-state index in [9.17, 15) is 4.79 Å². The zero-order valence-corrected chi connectivity index (χ0v) is 7.49. The van der Waals surface area contributed by atoms with Crippen LogP contribution in [0.5, 0.6) is 0 Å². The van der Waals surface area contributed by atoms with Crippen molar-refractivity contribution in [1.82, 2.24) is 9.97 Å². The van der Waals surface area contributed by atoms with Crippen LogP contribution in [0.25, 0.3) is 0 Å². The largest absolute Gasteiger partial charge is 0.469 e. The molecule has 0 aliphatic rings. The predicted octanol–water partition coefficient (Wildman–Crippen LogP) is 0.0151. The standard InChI is InChI=1S/C8H13N3O2/c1-13-8(12)2-6(3-9)7-4-10-5-11-7/h4-6H,2-3,9H2,1H3,(H,10,11). The first kappa shape index (κ1) is 9.73. The minimum atomic E-state index is -0.259. The van der Waals surface area contributed by atoms with Gasteiger partial charge in [0.05, 0.1) is 19.9 Å². The third-order valence-corrected chi connectivity index (χ3v) is 1.88. The van der Waals surface area contributed by atoms with Crippen molar-refractivity contribution in [3.63, 3.8) is 0 Å². The lowest BCUT2D eigenvalue weighted by atomic mass is 10.0. The molecule has 0 radical (unpaired) electrons. The molecule has 1 atom stereocenters. The van der Waals surface area contributed by atoms with Gasteiger partial charge in [-0.05, 0) is 0 Å². The number of aromatic amines is 1. The molecule has 5 heteroatoms. The van der Waals surface area contributed by atoms with Gasteiger partial charge in [0.15, 0.2) is 0 Å². The number of hydrogen-bond donors (Lipinski definition) is 2. The summed E-state index contributed by atoms with van der Waals surface area (Å²) in [5.74, 6) is -0.292. The monoisotopic (exact) mass is 183 g/mol. The third kappa shape index (κ3) is 2.55. The van der Waals surface area contributed by atoms with Gasteiger partial charge >= 0.3 is 5.97 Å². The number of nitrogens with two attached hydrogens (primary N) is 1. The first-order valence-corrected chi connectivity index (χ1v) is 4.03. The van der Waals surface area contributed by atoms with E-state index in [2.05, 4.69) is 14.7 Å². The van der Waals surface area contributed by atoms with Gasteiger partial charge in [-0.3, -0.25) is 4.79 Å². The van der Waals surface area contributed by atoms with Gasteiger partial charge < -0.3 is 15.5 Å². The molecular weight excluding hydrogens is 170 g/mol. The van der Waals surface area contributed by atoms with Gasteiger partial charge in [-0.1, -0.05) is 0 Å². The van der Waals surface area contributed by atoms with Crippen molar-refractivity contribution in [2.24, 2.45) is 5.73 Å². The molecular formula is C8H13N3O2. The van der Waals surface area contributed by atoms with Crippen LogP contribution in [0.4, 0.5) is 0 Å². The van der Waals surface area contributed by atoms with E-state index >= 15 is 0 Å². The summed E-state index contributed by atoms with van der Waals surface area (Å²) in [6.45, 7) is 0.400. The van der Waals surface area contributed by atoms with Crippen molar-refractivity contribution in [1.29, 1.82) is 0 Å². The molecule has 1 heterocycles. The van der Waals surface area contributed by atoms with E-state index in [1.807, 2.05) is 0 Å². The quantitative estimate of drug-likeness (QED) is 0.644. The normalized spacial score (nSPS) is 12.5. The fourth-order valence-corrected chi connectivity index (χ4v) is 1.09. The summed E-state index contributed by atoms with van der Waals surface area (Å²) in [4.78, 5) is 17.7. The van der Waals surface area contributed by atoms with Crippen LogP contribution in [-0.4, -0.2) is 29.6 Å². The van der Waals surface area contributed by atoms with Gasteiger partial charge in [0.25, 0.3) is 0 Å². The van der Waals surface area contributed by atoms with Crippen LogP contribution >= 0.6 is 0 Å². The fraction of sp³-hybridized carbons (Fsp3) is 0.500. The van der Waals surface area contributed by atoms with Gasteiger partial charge in [-0.15, -0.1) is 0 Å². The number of H-pyrrole nitrogens is 1. The fourth-order valence-electron chi connectivity index (χ4n) is 1.09. The molecule has 1 aromatic rings. The number of esters is 1. The highest BCUT2D eigenvalue weighted by Crippen LogP contribution is 2.15. The Labute approximate surface area is 76.3 Å². The summed E-state index contributed by atoms with van der Waals surface area (Å²) in [7, 11) is 1.36. The third-order valence-electron chi connectivity index (χ3n) is 1.88. The summed E-state index contributed by atoms with van der Waals surface area (Å²) in [6.07, 6.45) is 3.52. The van der Waals surface area contributed by atoms with E-state index in [-0.39, 0.29) is 18.3 Å². The minimum absolute atomic E-state index is 0.0325. The Morgan fingerprint density at radius 2 is 2.62 bits per heavy atom. The number of aromatic nitrogens is 2. The van der Waals surface area contributed by atoms with Gasteiger partial charge in [-0.2, -0.15) is 0 Å². The lowest BCUT2D eigenvalue weighted by Crippen LogP contribution is -2.17. The number of nitrogens with zero attached hydrogens (tertiary/aromatic N) is 1. The molecule has 1 aromatic heterocycles. The zero-order chi connectivity index (χ0) is 9.68. The van der Waals surface area contributed by atoms with E-state index in [0.717, 1.165) is 5.69 Å². The van der Waals surface area contributed by atoms with Gasteiger partial charge in [0.1, 0.15) is 0 Å². The maximum atomic E-state index is 11.0. The Kier molecular flexibility index (Phi) is 3.45. The van der Waals surface area contributed by atoms with Crippen LogP contribution in [-0.2, 0) is 9.53 Å². The topological polar surface area (TPSA) is 81.0 Å². The second-order valence-corrected chi connectivity index (χ2v) is 2.72. The van der Waals surface area contributed by atoms with Gasteiger partial charge in [0.2, 0.25) is 0 Å². The molecule has 0 aliphatic carbocycles. The number of hydrogen-bond acceptors (Lipinski definition) is 4. The molecule has 0 bridgehead atoms. The van der Waals surface area contributed by atoms with Crippen molar-refractivity contribution < 1.29 is 9.53 Å². The molecule has 1 rings (SSSR count). The van der Waals surface area contributed by atoms with Gasteiger partial charge in [0, 0.05) is 24.4 Å². The summed E-state index contributed by atoms with van der Waals surface area (Å²) in [6, 6.07) is 0. The number of methoxy groups -OCH3 is 1. The van der Waals surface area contributed by atoms with Crippen molar-refractivity contribution in [3.8, 4) is 0 Å². The van der Waals surface area contributed by atoms with E-state index in [4.69, 9.17) is 5.73 Å². The molecule has 0 saturated heterocycles. The van der Waals surface area contributed by atoms with Crippen LogP contribution in [0.3, 0.4) is 0 Å². The van der Waals surface area contributed by atoms with Crippen LogP contribution in [0, 0.1) is 0 Å². The van der Waals surface area contributed by atoms with E-state index < -0.39 is 0 Å². The van der Waals surface area contributed by atoms with Crippen molar-refractivity contribution >= 4 is 5.97 Å². The summed E-state index contributed by atoms with van der Waals surface area (Å²) in [5.41, 5.74) is 6.38. The molecule has 3 N–H and O–H groups in total. The molecule has 0 amide bonds. The highest BCUT2D eigenvalue weighted by molar-refractivity contribution is 5.70. The summed E-state index contributed by atoms with van der Waals surface area (Å²) >= 11 is 0. The van der Waals surface area contributed by atoms with Crippen LogP contribution in [0.15, 0.2) is 12.5 Å². The molecule has 72 valence electrons. The molecule has 0 aliphatic heterocycles. The Morgan fingerprint density at radius 3 is 3.08 bits per heavy atom. The number of carbonyl (C=O) groups is 1. The number of nitrogens with one attached hydrogen (secondary N) is 1.